The van der Waals surface area contributed by atoms with Crippen molar-refractivity contribution in [2.24, 2.45) is 11.3 Å². The molecule has 0 aliphatic heterocycles. The Morgan fingerprint density at radius 2 is 1.76 bits per heavy atom. The minimum absolute atomic E-state index is 0.162. The second kappa shape index (κ2) is 7.78. The molecule has 2 atom stereocenters. The zero-order valence-corrected chi connectivity index (χ0v) is 17.1. The number of aromatic nitrogens is 1. The van der Waals surface area contributed by atoms with Gasteiger partial charge in [0.1, 0.15) is 24.4 Å². The summed E-state index contributed by atoms with van der Waals surface area (Å²) in [5, 5.41) is 0. The van der Waals surface area contributed by atoms with Gasteiger partial charge in [0.05, 0.1) is 5.69 Å². The van der Waals surface area contributed by atoms with Crippen molar-refractivity contribution < 1.29 is 14.3 Å². The summed E-state index contributed by atoms with van der Waals surface area (Å²) in [6.45, 7) is 6.38. The second-order valence-corrected chi connectivity index (χ2v) is 8.40. The van der Waals surface area contributed by atoms with Crippen molar-refractivity contribution in [3.63, 3.8) is 0 Å². The van der Waals surface area contributed by atoms with E-state index in [1.807, 2.05) is 75.5 Å². The van der Waals surface area contributed by atoms with E-state index in [-0.39, 0.29) is 30.0 Å². The molecule has 0 saturated heterocycles. The maximum absolute atomic E-state index is 12.7. The van der Waals surface area contributed by atoms with Gasteiger partial charge in [-0.05, 0) is 42.7 Å². The van der Waals surface area contributed by atoms with Crippen molar-refractivity contribution in [3.05, 3.63) is 89.2 Å². The van der Waals surface area contributed by atoms with Gasteiger partial charge in [-0.3, -0.25) is 4.79 Å². The van der Waals surface area contributed by atoms with E-state index in [4.69, 9.17) is 9.47 Å². The monoisotopic (exact) mass is 389 g/mol. The second-order valence-electron chi connectivity index (χ2n) is 8.40. The highest BCUT2D eigenvalue weighted by Crippen LogP contribution is 2.54. The van der Waals surface area contributed by atoms with E-state index < -0.39 is 0 Å². The van der Waals surface area contributed by atoms with E-state index in [1.165, 1.54) is 11.1 Å². The van der Waals surface area contributed by atoms with E-state index in [9.17, 15) is 4.79 Å². The molecule has 0 bridgehead atoms. The summed E-state index contributed by atoms with van der Waals surface area (Å²) < 4.78 is 11.7. The molecule has 2 aromatic carbocycles. The Morgan fingerprint density at radius 3 is 2.48 bits per heavy atom. The van der Waals surface area contributed by atoms with Crippen molar-refractivity contribution in [3.8, 4) is 5.75 Å². The summed E-state index contributed by atoms with van der Waals surface area (Å²) in [6.07, 6.45) is 2.54. The summed E-state index contributed by atoms with van der Waals surface area (Å²) in [5.41, 5.74) is 4.27. The SMILES string of the molecule is Cc1ccc(OC2C(C(=O)OCc3[nH]ccc3Cc3ccccc3)C2(C)C)cc1. The lowest BCUT2D eigenvalue weighted by Crippen LogP contribution is -2.13. The highest BCUT2D eigenvalue weighted by Gasteiger charge is 2.65. The molecule has 1 aromatic heterocycles. The lowest BCUT2D eigenvalue weighted by molar-refractivity contribution is -0.148. The number of aromatic amines is 1. The van der Waals surface area contributed by atoms with E-state index in [2.05, 4.69) is 17.1 Å². The molecule has 0 amide bonds. The number of aryl methyl sites for hydroxylation is 1. The van der Waals surface area contributed by atoms with E-state index in [0.717, 1.165) is 23.4 Å². The van der Waals surface area contributed by atoms with E-state index >= 15 is 0 Å². The Morgan fingerprint density at radius 1 is 1.03 bits per heavy atom. The number of H-pyrrole nitrogens is 1. The van der Waals surface area contributed by atoms with Crippen LogP contribution in [0.1, 0.15) is 36.2 Å². The van der Waals surface area contributed by atoms with Gasteiger partial charge in [-0.1, -0.05) is 61.9 Å². The molecule has 1 N–H and O–H groups in total. The molecule has 4 nitrogen and oxygen atoms in total. The standard InChI is InChI=1S/C25H27NO3/c1-17-9-11-20(12-10-17)29-23-22(25(23,2)3)24(27)28-16-21-19(13-14-26-21)15-18-7-5-4-6-8-18/h4-14,22-23,26H,15-16H2,1-3H3. The van der Waals surface area contributed by atoms with Crippen LogP contribution < -0.4 is 4.74 Å². The van der Waals surface area contributed by atoms with Crippen molar-refractivity contribution in [1.82, 2.24) is 4.98 Å². The highest BCUT2D eigenvalue weighted by molar-refractivity contribution is 5.78. The third kappa shape index (κ3) is 4.21. The number of nitrogens with one attached hydrogen (secondary N) is 1. The summed E-state index contributed by atoms with van der Waals surface area (Å²) in [4.78, 5) is 15.9. The van der Waals surface area contributed by atoms with Crippen LogP contribution >= 0.6 is 0 Å². The number of ether oxygens (including phenoxy) is 2. The van der Waals surface area contributed by atoms with Gasteiger partial charge in [0.2, 0.25) is 0 Å². The topological polar surface area (TPSA) is 51.3 Å². The number of carbonyl (C=O) groups is 1. The molecule has 2 unspecified atom stereocenters. The summed E-state index contributed by atoms with van der Waals surface area (Å²) >= 11 is 0. The molecule has 3 aromatic rings. The van der Waals surface area contributed by atoms with Gasteiger partial charge in [-0.25, -0.2) is 0 Å². The number of rotatable bonds is 7. The predicted octanol–water partition coefficient (Wildman–Crippen LogP) is 5.06. The first-order valence-electron chi connectivity index (χ1n) is 10.0. The van der Waals surface area contributed by atoms with Gasteiger partial charge in [-0.15, -0.1) is 0 Å². The van der Waals surface area contributed by atoms with Gasteiger partial charge >= 0.3 is 5.97 Å². The molecule has 1 aliphatic carbocycles. The third-order valence-electron chi connectivity index (χ3n) is 5.79. The fourth-order valence-corrected chi connectivity index (χ4v) is 3.79. The van der Waals surface area contributed by atoms with E-state index in [1.54, 1.807) is 0 Å². The molecule has 0 spiro atoms. The van der Waals surface area contributed by atoms with Gasteiger partial charge in [-0.2, -0.15) is 0 Å². The molecule has 1 heterocycles. The Labute approximate surface area is 171 Å². The highest BCUT2D eigenvalue weighted by atomic mass is 16.5. The smallest absolute Gasteiger partial charge is 0.313 e. The van der Waals surface area contributed by atoms with Crippen LogP contribution in [0, 0.1) is 18.3 Å². The molecule has 4 rings (SSSR count). The van der Waals surface area contributed by atoms with Crippen LogP contribution in [0.2, 0.25) is 0 Å². The van der Waals surface area contributed by atoms with Crippen LogP contribution in [0.4, 0.5) is 0 Å². The first-order chi connectivity index (χ1) is 13.9. The average Bonchev–Trinajstić information content (AvgIpc) is 3.01. The minimum atomic E-state index is -0.253. The van der Waals surface area contributed by atoms with Gasteiger partial charge in [0, 0.05) is 11.6 Å². The summed E-state index contributed by atoms with van der Waals surface area (Å²) in [5.74, 6) is 0.335. The average molecular weight is 389 g/mol. The molecule has 4 heteroatoms. The first kappa shape index (κ1) is 19.3. The maximum atomic E-state index is 12.7. The molecule has 1 fully saturated rings. The molecule has 1 saturated carbocycles. The fourth-order valence-electron chi connectivity index (χ4n) is 3.79. The number of hydrogen-bond donors (Lipinski definition) is 1. The zero-order valence-electron chi connectivity index (χ0n) is 17.1. The predicted molar refractivity (Wildman–Crippen MR) is 113 cm³/mol. The Balaban J connectivity index is 1.35. The number of hydrogen-bond acceptors (Lipinski definition) is 3. The molecule has 150 valence electrons. The Bertz CT molecular complexity index is 973. The van der Waals surface area contributed by atoms with Crippen LogP contribution in [0.3, 0.4) is 0 Å². The lowest BCUT2D eigenvalue weighted by atomic mass is 10.1. The van der Waals surface area contributed by atoms with Crippen LogP contribution in [-0.4, -0.2) is 17.1 Å². The Kier molecular flexibility index (Phi) is 5.18. The van der Waals surface area contributed by atoms with Crippen LogP contribution in [0.5, 0.6) is 5.75 Å². The quantitative estimate of drug-likeness (QED) is 0.575. The number of esters is 1. The maximum Gasteiger partial charge on any atom is 0.313 e. The number of benzene rings is 2. The van der Waals surface area contributed by atoms with Crippen LogP contribution in [-0.2, 0) is 22.6 Å². The van der Waals surface area contributed by atoms with Gasteiger partial charge in [0.15, 0.2) is 0 Å². The fraction of sp³-hybridized carbons (Fsp3) is 0.320. The van der Waals surface area contributed by atoms with Crippen LogP contribution in [0.25, 0.3) is 0 Å². The van der Waals surface area contributed by atoms with Crippen molar-refractivity contribution in [2.75, 3.05) is 0 Å². The molecular formula is C25H27NO3. The van der Waals surface area contributed by atoms with Crippen molar-refractivity contribution in [1.29, 1.82) is 0 Å². The number of carbonyl (C=O) groups excluding carboxylic acids is 1. The normalized spacial score (nSPS) is 19.6. The minimum Gasteiger partial charge on any atom is -0.489 e. The summed E-state index contributed by atoms with van der Waals surface area (Å²) in [7, 11) is 0. The molecule has 1 aliphatic rings. The molecule has 0 radical (unpaired) electrons. The van der Waals surface area contributed by atoms with Gasteiger partial charge in [0.25, 0.3) is 0 Å². The summed E-state index contributed by atoms with van der Waals surface area (Å²) in [6, 6.07) is 20.2. The first-order valence-corrected chi connectivity index (χ1v) is 10.0. The molecule has 29 heavy (non-hydrogen) atoms. The molecular weight excluding hydrogens is 362 g/mol. The zero-order chi connectivity index (χ0) is 20.4. The largest absolute Gasteiger partial charge is 0.489 e. The van der Waals surface area contributed by atoms with Crippen LogP contribution in [0.15, 0.2) is 66.9 Å². The lowest BCUT2D eigenvalue weighted by Gasteiger charge is -2.08. The Hall–Kier alpha value is -3.01. The van der Waals surface area contributed by atoms with Crippen molar-refractivity contribution >= 4 is 5.97 Å². The van der Waals surface area contributed by atoms with Crippen molar-refractivity contribution in [2.45, 2.75) is 39.9 Å². The third-order valence-corrected chi connectivity index (χ3v) is 5.79. The van der Waals surface area contributed by atoms with Gasteiger partial charge < -0.3 is 14.5 Å². The van der Waals surface area contributed by atoms with E-state index in [0.29, 0.717) is 0 Å².